The number of hydrogen-bond acceptors (Lipinski definition) is 4. The first-order valence-corrected chi connectivity index (χ1v) is 5.10. The minimum Gasteiger partial charge on any atom is -0.480 e. The van der Waals surface area contributed by atoms with E-state index >= 15 is 0 Å². The summed E-state index contributed by atoms with van der Waals surface area (Å²) >= 11 is 0. The Morgan fingerprint density at radius 1 is 1.53 bits per heavy atom. The number of aromatic nitrogens is 1. The van der Waals surface area contributed by atoms with E-state index in [-0.39, 0.29) is 25.7 Å². The van der Waals surface area contributed by atoms with Gasteiger partial charge in [-0.05, 0) is 19.1 Å². The lowest BCUT2D eigenvalue weighted by atomic mass is 10.2. The molecule has 1 aromatic heterocycles. The Kier molecular flexibility index (Phi) is 5.09. The molecule has 0 spiro atoms. The summed E-state index contributed by atoms with van der Waals surface area (Å²) in [6.45, 7) is 1.81. The Morgan fingerprint density at radius 3 is 2.94 bits per heavy atom. The minimum atomic E-state index is -1.03. The maximum atomic E-state index is 11.6. The monoisotopic (exact) mass is 238 g/mol. The number of amides is 1. The highest BCUT2D eigenvalue weighted by atomic mass is 16.5. The van der Waals surface area contributed by atoms with Crippen molar-refractivity contribution in [3.05, 3.63) is 29.6 Å². The second-order valence-corrected chi connectivity index (χ2v) is 3.34. The first-order chi connectivity index (χ1) is 8.11. The van der Waals surface area contributed by atoms with Gasteiger partial charge in [0.05, 0.1) is 12.2 Å². The van der Waals surface area contributed by atoms with Gasteiger partial charge in [-0.2, -0.15) is 0 Å². The second-order valence-electron chi connectivity index (χ2n) is 3.34. The molecular weight excluding hydrogens is 224 g/mol. The summed E-state index contributed by atoms with van der Waals surface area (Å²) in [5.74, 6) is -1.27. The average Bonchev–Trinajstić information content (AvgIpc) is 2.28. The number of carboxylic acid groups (broad SMARTS) is 1. The molecule has 92 valence electrons. The number of ether oxygens (including phenoxy) is 1. The Bertz CT molecular complexity index is 406. The van der Waals surface area contributed by atoms with E-state index in [2.05, 4.69) is 10.3 Å². The Balaban J connectivity index is 2.31. The Hall–Kier alpha value is -1.95. The van der Waals surface area contributed by atoms with Crippen molar-refractivity contribution in [2.24, 2.45) is 0 Å². The van der Waals surface area contributed by atoms with E-state index in [9.17, 15) is 9.59 Å². The van der Waals surface area contributed by atoms with Crippen LogP contribution in [0.5, 0.6) is 0 Å². The maximum absolute atomic E-state index is 11.6. The van der Waals surface area contributed by atoms with Gasteiger partial charge in [-0.25, -0.2) is 4.79 Å². The molecule has 1 heterocycles. The zero-order chi connectivity index (χ0) is 12.7. The normalized spacial score (nSPS) is 9.94. The van der Waals surface area contributed by atoms with Crippen molar-refractivity contribution in [1.29, 1.82) is 0 Å². The van der Waals surface area contributed by atoms with Gasteiger partial charge in [0.15, 0.2) is 0 Å². The smallest absolute Gasteiger partial charge is 0.329 e. The van der Waals surface area contributed by atoms with Crippen molar-refractivity contribution < 1.29 is 19.4 Å². The SMILES string of the molecule is Cc1ncccc1C(=O)NCCOCC(=O)O. The number of carbonyl (C=O) groups excluding carboxylic acids is 1. The molecular formula is C11H14N2O4. The Morgan fingerprint density at radius 2 is 2.29 bits per heavy atom. The first kappa shape index (κ1) is 13.1. The molecule has 0 aliphatic carbocycles. The van der Waals surface area contributed by atoms with E-state index in [1.165, 1.54) is 0 Å². The van der Waals surface area contributed by atoms with Crippen molar-refractivity contribution in [3.8, 4) is 0 Å². The van der Waals surface area contributed by atoms with E-state index in [0.717, 1.165) is 0 Å². The fourth-order valence-corrected chi connectivity index (χ4v) is 1.22. The maximum Gasteiger partial charge on any atom is 0.329 e. The third-order valence-electron chi connectivity index (χ3n) is 2.01. The van der Waals surface area contributed by atoms with Crippen LogP contribution in [0, 0.1) is 6.92 Å². The quantitative estimate of drug-likeness (QED) is 0.692. The van der Waals surface area contributed by atoms with Crippen LogP contribution in [-0.4, -0.2) is 41.7 Å². The van der Waals surface area contributed by atoms with Gasteiger partial charge in [-0.15, -0.1) is 0 Å². The number of aliphatic carboxylic acids is 1. The van der Waals surface area contributed by atoms with Crippen molar-refractivity contribution in [1.82, 2.24) is 10.3 Å². The van der Waals surface area contributed by atoms with Gasteiger partial charge in [-0.3, -0.25) is 9.78 Å². The number of nitrogens with one attached hydrogen (secondary N) is 1. The third kappa shape index (κ3) is 4.60. The summed E-state index contributed by atoms with van der Waals surface area (Å²) in [5.41, 5.74) is 1.15. The van der Waals surface area contributed by atoms with Crippen LogP contribution in [0.1, 0.15) is 16.1 Å². The lowest BCUT2D eigenvalue weighted by Gasteiger charge is -2.06. The summed E-state index contributed by atoms with van der Waals surface area (Å²) in [6, 6.07) is 3.36. The highest BCUT2D eigenvalue weighted by Crippen LogP contribution is 2.02. The van der Waals surface area contributed by atoms with Crippen molar-refractivity contribution in [2.75, 3.05) is 19.8 Å². The number of hydrogen-bond donors (Lipinski definition) is 2. The predicted octanol–water partition coefficient (Wildman–Crippen LogP) is 0.221. The van der Waals surface area contributed by atoms with Gasteiger partial charge in [0.2, 0.25) is 0 Å². The van der Waals surface area contributed by atoms with Gasteiger partial charge < -0.3 is 15.2 Å². The van der Waals surface area contributed by atoms with Crippen molar-refractivity contribution in [2.45, 2.75) is 6.92 Å². The van der Waals surface area contributed by atoms with E-state index < -0.39 is 5.97 Å². The highest BCUT2D eigenvalue weighted by Gasteiger charge is 2.07. The van der Waals surface area contributed by atoms with Gasteiger partial charge >= 0.3 is 5.97 Å². The molecule has 0 fully saturated rings. The van der Waals surface area contributed by atoms with Crippen molar-refractivity contribution >= 4 is 11.9 Å². The van der Waals surface area contributed by atoms with E-state index in [1.54, 1.807) is 25.3 Å². The molecule has 0 unspecified atom stereocenters. The lowest BCUT2D eigenvalue weighted by molar-refractivity contribution is -0.142. The topological polar surface area (TPSA) is 88.5 Å². The molecule has 1 aromatic rings. The molecule has 1 rings (SSSR count). The molecule has 2 N–H and O–H groups in total. The van der Waals surface area contributed by atoms with Gasteiger partial charge in [0, 0.05) is 18.4 Å². The molecule has 0 bridgehead atoms. The van der Waals surface area contributed by atoms with Crippen LogP contribution in [0.4, 0.5) is 0 Å². The summed E-state index contributed by atoms with van der Waals surface area (Å²) in [6.07, 6.45) is 1.61. The lowest BCUT2D eigenvalue weighted by Crippen LogP contribution is -2.28. The third-order valence-corrected chi connectivity index (χ3v) is 2.01. The fourth-order valence-electron chi connectivity index (χ4n) is 1.22. The van der Waals surface area contributed by atoms with Crippen LogP contribution in [0.15, 0.2) is 18.3 Å². The van der Waals surface area contributed by atoms with Crippen LogP contribution in [0.2, 0.25) is 0 Å². The van der Waals surface area contributed by atoms with Crippen LogP contribution in [0.25, 0.3) is 0 Å². The fraction of sp³-hybridized carbons (Fsp3) is 0.364. The zero-order valence-electron chi connectivity index (χ0n) is 9.47. The number of rotatable bonds is 6. The molecule has 0 aromatic carbocycles. The van der Waals surface area contributed by atoms with E-state index in [4.69, 9.17) is 9.84 Å². The molecule has 6 nitrogen and oxygen atoms in total. The number of pyridine rings is 1. The Labute approximate surface area is 98.6 Å². The summed E-state index contributed by atoms with van der Waals surface area (Å²) in [7, 11) is 0. The standard InChI is InChI=1S/C11H14N2O4/c1-8-9(3-2-4-12-8)11(16)13-5-6-17-7-10(14)15/h2-4H,5-7H2,1H3,(H,13,16)(H,14,15). The first-order valence-electron chi connectivity index (χ1n) is 5.10. The van der Waals surface area contributed by atoms with Gasteiger partial charge in [-0.1, -0.05) is 0 Å². The van der Waals surface area contributed by atoms with E-state index in [0.29, 0.717) is 11.3 Å². The van der Waals surface area contributed by atoms with Crippen LogP contribution in [-0.2, 0) is 9.53 Å². The predicted molar refractivity (Wildman–Crippen MR) is 59.8 cm³/mol. The summed E-state index contributed by atoms with van der Waals surface area (Å²) < 4.78 is 4.78. The molecule has 0 saturated carbocycles. The molecule has 0 aliphatic rings. The largest absolute Gasteiger partial charge is 0.480 e. The molecule has 0 saturated heterocycles. The van der Waals surface area contributed by atoms with Crippen LogP contribution < -0.4 is 5.32 Å². The van der Waals surface area contributed by atoms with Crippen LogP contribution in [0.3, 0.4) is 0 Å². The molecule has 6 heteroatoms. The minimum absolute atomic E-state index is 0.164. The average molecular weight is 238 g/mol. The van der Waals surface area contributed by atoms with E-state index in [1.807, 2.05) is 0 Å². The number of aryl methyl sites for hydroxylation is 1. The summed E-state index contributed by atoms with van der Waals surface area (Å²) in [4.78, 5) is 25.8. The number of carbonyl (C=O) groups is 2. The van der Waals surface area contributed by atoms with Crippen LogP contribution >= 0.6 is 0 Å². The molecule has 0 atom stereocenters. The molecule has 17 heavy (non-hydrogen) atoms. The van der Waals surface area contributed by atoms with Gasteiger partial charge in [0.1, 0.15) is 6.61 Å². The highest BCUT2D eigenvalue weighted by molar-refractivity contribution is 5.95. The van der Waals surface area contributed by atoms with Crippen molar-refractivity contribution in [3.63, 3.8) is 0 Å². The number of carboxylic acids is 1. The molecule has 1 amide bonds. The molecule has 0 radical (unpaired) electrons. The van der Waals surface area contributed by atoms with Gasteiger partial charge in [0.25, 0.3) is 5.91 Å². The second kappa shape index (κ2) is 6.59. The summed E-state index contributed by atoms with van der Waals surface area (Å²) in [5, 5.41) is 10.9. The molecule has 0 aliphatic heterocycles. The number of nitrogens with zero attached hydrogens (tertiary/aromatic N) is 1. The zero-order valence-corrected chi connectivity index (χ0v) is 9.47.